The van der Waals surface area contributed by atoms with E-state index >= 15 is 0 Å². The fraction of sp³-hybridized carbons (Fsp3) is 0.333. The van der Waals surface area contributed by atoms with Gasteiger partial charge in [-0.1, -0.05) is 18.2 Å². The van der Waals surface area contributed by atoms with Crippen molar-refractivity contribution in [3.8, 4) is 11.1 Å². The monoisotopic (exact) mass is 398 g/mol. The van der Waals surface area contributed by atoms with Crippen LogP contribution in [0.5, 0.6) is 0 Å². The molecule has 2 N–H and O–H groups in total. The zero-order valence-corrected chi connectivity index (χ0v) is 17.1. The fourth-order valence-corrected chi connectivity index (χ4v) is 4.42. The summed E-state index contributed by atoms with van der Waals surface area (Å²) in [6.45, 7) is 2.08. The molecule has 0 aliphatic carbocycles. The van der Waals surface area contributed by atoms with Gasteiger partial charge >= 0.3 is 0 Å². The van der Waals surface area contributed by atoms with Crippen LogP contribution in [0, 0.1) is 0 Å². The summed E-state index contributed by atoms with van der Waals surface area (Å²) in [5, 5.41) is 0. The Morgan fingerprint density at radius 3 is 2.25 bits per heavy atom. The van der Waals surface area contributed by atoms with Gasteiger partial charge in [-0.2, -0.15) is 0 Å². The van der Waals surface area contributed by atoms with E-state index in [0.717, 1.165) is 41.1 Å². The molecule has 0 bridgehead atoms. The normalized spacial score (nSPS) is 16.0. The summed E-state index contributed by atoms with van der Waals surface area (Å²) in [4.78, 5) is 12.2. The Balaban J connectivity index is 1.65. The van der Waals surface area contributed by atoms with E-state index in [2.05, 4.69) is 16.0 Å². The molecule has 1 aliphatic heterocycles. The molecule has 2 aromatic carbocycles. The lowest BCUT2D eigenvalue weighted by atomic mass is 10.1. The first-order valence-corrected chi connectivity index (χ1v) is 11.0. The molecule has 1 saturated heterocycles. The molecule has 6 nitrogen and oxygen atoms in total. The van der Waals surface area contributed by atoms with E-state index in [4.69, 9.17) is 4.98 Å². The highest BCUT2D eigenvalue weighted by Crippen LogP contribution is 2.49. The molecule has 0 spiro atoms. The first-order valence-electron chi connectivity index (χ1n) is 9.53. The highest BCUT2D eigenvalue weighted by atomic mass is 32.3. The Morgan fingerprint density at radius 1 is 0.893 bits per heavy atom. The van der Waals surface area contributed by atoms with Crippen LogP contribution in [0.4, 0.5) is 5.82 Å². The molecule has 0 amide bonds. The SMILES string of the molecule is CN(C)S(O)(O)c1ccc(-c2ccc3ncc(N4CCCCC4)nc3c2)cc1. The largest absolute Gasteiger partial charge is 0.355 e. The first kappa shape index (κ1) is 19.1. The van der Waals surface area contributed by atoms with Crippen LogP contribution in [-0.4, -0.2) is 50.6 Å². The quantitative estimate of drug-likeness (QED) is 0.653. The van der Waals surface area contributed by atoms with Crippen molar-refractivity contribution in [3.63, 3.8) is 0 Å². The number of fused-ring (bicyclic) bond motifs is 1. The zero-order chi connectivity index (χ0) is 19.7. The van der Waals surface area contributed by atoms with Crippen molar-refractivity contribution in [3.05, 3.63) is 48.7 Å². The Bertz CT molecular complexity index is 970. The van der Waals surface area contributed by atoms with Gasteiger partial charge in [-0.25, -0.2) is 9.29 Å². The van der Waals surface area contributed by atoms with E-state index in [0.29, 0.717) is 4.90 Å². The number of aromatic nitrogens is 2. The van der Waals surface area contributed by atoms with Crippen molar-refractivity contribution in [2.75, 3.05) is 32.1 Å². The van der Waals surface area contributed by atoms with Crippen LogP contribution in [0.1, 0.15) is 19.3 Å². The first-order chi connectivity index (χ1) is 13.4. The van der Waals surface area contributed by atoms with Gasteiger partial charge in [-0.05, 0) is 54.7 Å². The average Bonchev–Trinajstić information content (AvgIpc) is 2.73. The zero-order valence-electron chi connectivity index (χ0n) is 16.2. The number of benzene rings is 2. The molecule has 148 valence electrons. The third-order valence-electron chi connectivity index (χ3n) is 5.22. The van der Waals surface area contributed by atoms with E-state index in [1.54, 1.807) is 26.2 Å². The number of anilines is 1. The van der Waals surface area contributed by atoms with E-state index in [-0.39, 0.29) is 0 Å². The second-order valence-electron chi connectivity index (χ2n) is 7.33. The van der Waals surface area contributed by atoms with Crippen LogP contribution in [-0.2, 0) is 0 Å². The van der Waals surface area contributed by atoms with Gasteiger partial charge in [0.2, 0.25) is 0 Å². The molecule has 28 heavy (non-hydrogen) atoms. The summed E-state index contributed by atoms with van der Waals surface area (Å²) in [6, 6.07) is 13.4. The third kappa shape index (κ3) is 3.71. The lowest BCUT2D eigenvalue weighted by molar-refractivity contribution is 0.414. The van der Waals surface area contributed by atoms with Gasteiger partial charge in [-0.3, -0.25) is 14.1 Å². The van der Waals surface area contributed by atoms with Crippen LogP contribution in [0.15, 0.2) is 53.6 Å². The van der Waals surface area contributed by atoms with Crippen LogP contribution in [0.3, 0.4) is 0 Å². The molecular formula is C21H26N4O2S. The number of rotatable bonds is 4. The van der Waals surface area contributed by atoms with Crippen molar-refractivity contribution < 1.29 is 9.11 Å². The molecule has 0 saturated carbocycles. The van der Waals surface area contributed by atoms with Gasteiger partial charge in [0.1, 0.15) is 5.82 Å². The smallest absolute Gasteiger partial charge is 0.147 e. The van der Waals surface area contributed by atoms with Gasteiger partial charge in [-0.15, -0.1) is 10.8 Å². The topological polar surface area (TPSA) is 72.7 Å². The van der Waals surface area contributed by atoms with Crippen molar-refractivity contribution in [1.82, 2.24) is 14.3 Å². The third-order valence-corrected chi connectivity index (χ3v) is 7.15. The molecule has 1 fully saturated rings. The van der Waals surface area contributed by atoms with Gasteiger partial charge in [0.25, 0.3) is 0 Å². The maximum atomic E-state index is 10.3. The summed E-state index contributed by atoms with van der Waals surface area (Å²) < 4.78 is 22.0. The molecule has 1 aliphatic rings. The average molecular weight is 399 g/mol. The predicted octanol–water partition coefficient (Wildman–Crippen LogP) is 4.87. The number of piperidine rings is 1. The lowest BCUT2D eigenvalue weighted by Gasteiger charge is -2.38. The van der Waals surface area contributed by atoms with E-state index in [1.165, 1.54) is 23.6 Å². The maximum absolute atomic E-state index is 10.3. The molecular weight excluding hydrogens is 372 g/mol. The van der Waals surface area contributed by atoms with Crippen LogP contribution >= 0.6 is 10.8 Å². The standard InChI is InChI=1S/C21H26N4O2S/c1-24(2)28(26,27)18-9-6-16(7-10-18)17-8-11-19-20(14-17)23-21(15-22-19)25-12-4-3-5-13-25/h6-11,14-15,26-27H,3-5,12-13H2,1-2H3. The number of nitrogens with zero attached hydrogens (tertiary/aromatic N) is 4. The van der Waals surface area contributed by atoms with E-state index in [9.17, 15) is 9.11 Å². The van der Waals surface area contributed by atoms with Crippen molar-refractivity contribution in [2.24, 2.45) is 0 Å². The van der Waals surface area contributed by atoms with Crippen molar-refractivity contribution in [1.29, 1.82) is 0 Å². The Kier molecular flexibility index (Phi) is 5.25. The Labute approximate surface area is 167 Å². The van der Waals surface area contributed by atoms with E-state index in [1.807, 2.05) is 30.5 Å². The molecule has 0 atom stereocenters. The number of hydrogen-bond acceptors (Lipinski definition) is 6. The molecule has 3 aromatic rings. The van der Waals surface area contributed by atoms with Gasteiger partial charge in [0.05, 0.1) is 22.1 Å². The molecule has 7 heteroatoms. The summed E-state index contributed by atoms with van der Waals surface area (Å²) in [6.07, 6.45) is 5.57. The minimum atomic E-state index is -2.92. The number of hydrogen-bond donors (Lipinski definition) is 2. The van der Waals surface area contributed by atoms with Crippen LogP contribution in [0.25, 0.3) is 22.2 Å². The molecule has 4 rings (SSSR count). The molecule has 0 unspecified atom stereocenters. The van der Waals surface area contributed by atoms with Gasteiger partial charge in [0.15, 0.2) is 0 Å². The van der Waals surface area contributed by atoms with Crippen molar-refractivity contribution in [2.45, 2.75) is 24.2 Å². The summed E-state index contributed by atoms with van der Waals surface area (Å²) >= 11 is 0. The Hall–Kier alpha value is -2.19. The van der Waals surface area contributed by atoms with Crippen LogP contribution in [0.2, 0.25) is 0 Å². The fourth-order valence-electron chi connectivity index (χ4n) is 3.50. The predicted molar refractivity (Wildman–Crippen MR) is 116 cm³/mol. The van der Waals surface area contributed by atoms with Crippen LogP contribution < -0.4 is 4.90 Å². The minimum absolute atomic E-state index is 0.509. The highest BCUT2D eigenvalue weighted by Gasteiger charge is 2.18. The molecule has 0 radical (unpaired) electrons. The summed E-state index contributed by atoms with van der Waals surface area (Å²) in [7, 11) is 0.393. The maximum Gasteiger partial charge on any atom is 0.147 e. The molecule has 2 heterocycles. The Morgan fingerprint density at radius 2 is 1.57 bits per heavy atom. The summed E-state index contributed by atoms with van der Waals surface area (Å²) in [5.41, 5.74) is 3.79. The van der Waals surface area contributed by atoms with Crippen molar-refractivity contribution >= 4 is 27.6 Å². The van der Waals surface area contributed by atoms with E-state index < -0.39 is 10.8 Å². The second kappa shape index (κ2) is 7.67. The minimum Gasteiger partial charge on any atom is -0.355 e. The van der Waals surface area contributed by atoms with Gasteiger partial charge in [0, 0.05) is 27.2 Å². The molecule has 1 aromatic heterocycles. The lowest BCUT2D eigenvalue weighted by Crippen LogP contribution is -2.30. The summed E-state index contributed by atoms with van der Waals surface area (Å²) in [5.74, 6) is 0.944. The second-order valence-corrected chi connectivity index (χ2v) is 9.57. The van der Waals surface area contributed by atoms with Gasteiger partial charge < -0.3 is 4.90 Å². The highest BCUT2D eigenvalue weighted by molar-refractivity contribution is 8.22.